The second-order valence-electron chi connectivity index (χ2n) is 8.37. The molecule has 7 heteroatoms. The lowest BCUT2D eigenvalue weighted by atomic mass is 10.1. The van der Waals surface area contributed by atoms with Gasteiger partial charge in [0.05, 0.1) is 30.3 Å². The Bertz CT molecular complexity index is 1270. The van der Waals surface area contributed by atoms with Crippen LogP contribution in [-0.4, -0.2) is 26.7 Å². The average molecular weight is 465 g/mol. The second-order valence-corrected chi connectivity index (χ2v) is 10.5. The van der Waals surface area contributed by atoms with E-state index in [2.05, 4.69) is 5.32 Å². The number of methoxy groups -OCH3 is 1. The topological polar surface area (TPSA) is 75.7 Å². The molecule has 0 saturated heterocycles. The number of rotatable bonds is 8. The van der Waals surface area contributed by atoms with E-state index in [9.17, 15) is 13.2 Å². The minimum Gasteiger partial charge on any atom is -0.495 e. The van der Waals surface area contributed by atoms with Crippen LogP contribution < -0.4 is 14.4 Å². The molecule has 0 aliphatic heterocycles. The Labute approximate surface area is 195 Å². The molecule has 0 radical (unpaired) electrons. The molecule has 172 valence electrons. The number of aryl methyl sites for hydroxylation is 2. The molecule has 3 aromatic carbocycles. The van der Waals surface area contributed by atoms with E-state index >= 15 is 0 Å². The normalized spacial score (nSPS) is 13.4. The Balaban J connectivity index is 1.55. The number of amides is 1. The van der Waals surface area contributed by atoms with Crippen LogP contribution in [0, 0.1) is 13.8 Å². The lowest BCUT2D eigenvalue weighted by Gasteiger charge is -2.25. The van der Waals surface area contributed by atoms with Gasteiger partial charge in [-0.2, -0.15) is 0 Å². The SMILES string of the molecule is COc1ccccc1NC(=O)c1ccc(CN(c2ccc(C)c(C)c2)S(=O)(=O)C2CC2)cc1. The third-order valence-corrected chi connectivity index (χ3v) is 8.20. The molecule has 1 amide bonds. The summed E-state index contributed by atoms with van der Waals surface area (Å²) in [6.07, 6.45) is 1.40. The molecule has 1 N–H and O–H groups in total. The Hall–Kier alpha value is -3.32. The van der Waals surface area contributed by atoms with Crippen molar-refractivity contribution in [2.45, 2.75) is 38.5 Å². The van der Waals surface area contributed by atoms with Crippen molar-refractivity contribution in [3.63, 3.8) is 0 Å². The zero-order valence-electron chi connectivity index (χ0n) is 19.0. The summed E-state index contributed by atoms with van der Waals surface area (Å²) in [6, 6.07) is 20.0. The first kappa shape index (κ1) is 22.9. The van der Waals surface area contributed by atoms with Crippen LogP contribution in [0.25, 0.3) is 0 Å². The number of hydrogen-bond donors (Lipinski definition) is 1. The number of nitrogens with one attached hydrogen (secondary N) is 1. The van der Waals surface area contributed by atoms with Gasteiger partial charge in [0, 0.05) is 5.56 Å². The van der Waals surface area contributed by atoms with Crippen LogP contribution in [0.1, 0.15) is 39.9 Å². The van der Waals surface area contributed by atoms with Crippen LogP contribution in [0.3, 0.4) is 0 Å². The van der Waals surface area contributed by atoms with Crippen molar-refractivity contribution in [3.8, 4) is 5.75 Å². The fraction of sp³-hybridized carbons (Fsp3) is 0.269. The number of carbonyl (C=O) groups is 1. The van der Waals surface area contributed by atoms with E-state index in [1.54, 1.807) is 43.5 Å². The molecule has 1 aliphatic carbocycles. The molecule has 0 heterocycles. The Morgan fingerprint density at radius 3 is 2.33 bits per heavy atom. The van der Waals surface area contributed by atoms with E-state index in [1.165, 1.54) is 4.31 Å². The molecule has 0 atom stereocenters. The molecule has 0 unspecified atom stereocenters. The molecule has 0 aromatic heterocycles. The monoisotopic (exact) mass is 464 g/mol. The van der Waals surface area contributed by atoms with Crippen molar-refractivity contribution in [1.82, 2.24) is 0 Å². The van der Waals surface area contributed by atoms with E-state index in [0.29, 0.717) is 35.5 Å². The van der Waals surface area contributed by atoms with Crippen molar-refractivity contribution in [2.75, 3.05) is 16.7 Å². The van der Waals surface area contributed by atoms with Gasteiger partial charge in [0.25, 0.3) is 5.91 Å². The van der Waals surface area contributed by atoms with Gasteiger partial charge in [-0.05, 0) is 79.8 Å². The molecule has 0 spiro atoms. The van der Waals surface area contributed by atoms with Gasteiger partial charge in [0.2, 0.25) is 10.0 Å². The Morgan fingerprint density at radius 2 is 1.70 bits per heavy atom. The summed E-state index contributed by atoms with van der Waals surface area (Å²) in [4.78, 5) is 12.7. The van der Waals surface area contributed by atoms with Crippen molar-refractivity contribution in [2.24, 2.45) is 0 Å². The number of benzene rings is 3. The van der Waals surface area contributed by atoms with Gasteiger partial charge in [0.15, 0.2) is 0 Å². The third-order valence-electron chi connectivity index (χ3n) is 5.93. The van der Waals surface area contributed by atoms with Gasteiger partial charge in [-0.25, -0.2) is 8.42 Å². The summed E-state index contributed by atoms with van der Waals surface area (Å²) in [5.74, 6) is 0.319. The highest BCUT2D eigenvalue weighted by atomic mass is 32.2. The second kappa shape index (κ2) is 9.27. The lowest BCUT2D eigenvalue weighted by Crippen LogP contribution is -2.33. The minimum absolute atomic E-state index is 0.218. The van der Waals surface area contributed by atoms with Gasteiger partial charge in [-0.15, -0.1) is 0 Å². The lowest BCUT2D eigenvalue weighted by molar-refractivity contribution is 0.102. The molecule has 1 saturated carbocycles. The molecule has 6 nitrogen and oxygen atoms in total. The number of ether oxygens (including phenoxy) is 1. The quantitative estimate of drug-likeness (QED) is 0.505. The fourth-order valence-corrected chi connectivity index (χ4v) is 5.45. The molecule has 4 rings (SSSR count). The van der Waals surface area contributed by atoms with Gasteiger partial charge in [0.1, 0.15) is 5.75 Å². The molecule has 1 fully saturated rings. The standard InChI is InChI=1S/C26H28N2O4S/c1-18-8-13-22(16-19(18)2)28(33(30,31)23-14-15-23)17-20-9-11-21(12-10-20)26(29)27-24-6-4-5-7-25(24)32-3/h4-13,16,23H,14-15,17H2,1-3H3,(H,27,29). The predicted octanol–water partition coefficient (Wildman–Crippen LogP) is 5.06. The van der Waals surface area contributed by atoms with Crippen LogP contribution in [-0.2, 0) is 16.6 Å². The van der Waals surface area contributed by atoms with E-state index in [-0.39, 0.29) is 17.7 Å². The molecule has 33 heavy (non-hydrogen) atoms. The summed E-state index contributed by atoms with van der Waals surface area (Å²) in [5.41, 5.74) is 4.71. The number of sulfonamides is 1. The van der Waals surface area contributed by atoms with Crippen molar-refractivity contribution in [3.05, 3.63) is 89.0 Å². The van der Waals surface area contributed by atoms with E-state index in [1.807, 2.05) is 44.2 Å². The molecular weight excluding hydrogens is 436 g/mol. The zero-order valence-corrected chi connectivity index (χ0v) is 19.9. The van der Waals surface area contributed by atoms with Crippen molar-refractivity contribution < 1.29 is 17.9 Å². The first-order valence-electron chi connectivity index (χ1n) is 10.9. The van der Waals surface area contributed by atoms with E-state index in [4.69, 9.17) is 4.74 Å². The van der Waals surface area contributed by atoms with Crippen molar-refractivity contribution >= 4 is 27.3 Å². The maximum absolute atomic E-state index is 13.2. The molecule has 0 bridgehead atoms. The van der Waals surface area contributed by atoms with Gasteiger partial charge >= 0.3 is 0 Å². The van der Waals surface area contributed by atoms with Crippen molar-refractivity contribution in [1.29, 1.82) is 0 Å². The van der Waals surface area contributed by atoms with E-state index in [0.717, 1.165) is 16.7 Å². The highest BCUT2D eigenvalue weighted by Gasteiger charge is 2.40. The van der Waals surface area contributed by atoms with Gasteiger partial charge in [-0.3, -0.25) is 9.10 Å². The Kier molecular flexibility index (Phi) is 6.42. The molecule has 3 aromatic rings. The number of anilines is 2. The number of nitrogens with zero attached hydrogens (tertiary/aromatic N) is 1. The summed E-state index contributed by atoms with van der Waals surface area (Å²) in [6.45, 7) is 4.21. The van der Waals surface area contributed by atoms with Crippen LogP contribution in [0.4, 0.5) is 11.4 Å². The highest BCUT2D eigenvalue weighted by molar-refractivity contribution is 7.93. The summed E-state index contributed by atoms with van der Waals surface area (Å²) in [5, 5.41) is 2.54. The largest absolute Gasteiger partial charge is 0.495 e. The number of hydrogen-bond acceptors (Lipinski definition) is 4. The minimum atomic E-state index is -3.44. The number of para-hydroxylation sites is 2. The van der Waals surface area contributed by atoms with Gasteiger partial charge < -0.3 is 10.1 Å². The first-order chi connectivity index (χ1) is 15.8. The summed E-state index contributed by atoms with van der Waals surface area (Å²) >= 11 is 0. The Morgan fingerprint density at radius 1 is 1.00 bits per heavy atom. The summed E-state index contributed by atoms with van der Waals surface area (Å²) < 4.78 is 33.1. The maximum Gasteiger partial charge on any atom is 0.255 e. The average Bonchev–Trinajstić information content (AvgIpc) is 3.66. The van der Waals surface area contributed by atoms with Gasteiger partial charge in [-0.1, -0.05) is 30.3 Å². The highest BCUT2D eigenvalue weighted by Crippen LogP contribution is 2.35. The van der Waals surface area contributed by atoms with Crippen LogP contribution in [0.15, 0.2) is 66.7 Å². The molecular formula is C26H28N2O4S. The zero-order chi connectivity index (χ0) is 23.6. The smallest absolute Gasteiger partial charge is 0.255 e. The van der Waals surface area contributed by atoms with Crippen LogP contribution in [0.2, 0.25) is 0 Å². The number of carbonyl (C=O) groups excluding carboxylic acids is 1. The maximum atomic E-state index is 13.2. The predicted molar refractivity (Wildman–Crippen MR) is 131 cm³/mol. The third kappa shape index (κ3) is 5.03. The fourth-order valence-electron chi connectivity index (χ4n) is 3.62. The van der Waals surface area contributed by atoms with Crippen LogP contribution in [0.5, 0.6) is 5.75 Å². The van der Waals surface area contributed by atoms with Crippen LogP contribution >= 0.6 is 0 Å². The van der Waals surface area contributed by atoms with E-state index < -0.39 is 10.0 Å². The first-order valence-corrected chi connectivity index (χ1v) is 12.4. The summed E-state index contributed by atoms with van der Waals surface area (Å²) in [7, 11) is -1.89. The molecule has 1 aliphatic rings.